The third-order valence-electron chi connectivity index (χ3n) is 2.17. The first-order valence-corrected chi connectivity index (χ1v) is 5.45. The van der Waals surface area contributed by atoms with Crippen molar-refractivity contribution in [2.45, 2.75) is 20.8 Å². The zero-order chi connectivity index (χ0) is 12.0. The van der Waals surface area contributed by atoms with Gasteiger partial charge in [0.2, 0.25) is 5.82 Å². The molecule has 0 spiro atoms. The molecule has 1 rings (SSSR count). The van der Waals surface area contributed by atoms with E-state index >= 15 is 0 Å². The van der Waals surface area contributed by atoms with Crippen molar-refractivity contribution in [2.24, 2.45) is 0 Å². The van der Waals surface area contributed by atoms with Crippen molar-refractivity contribution in [1.82, 2.24) is 20.1 Å². The standard InChI is InChI=1S/C10H18N4O2/c1-4-14(6-7-16-5-2)10(15)9-11-8(3)12-13-9/h4-7H2,1-3H3,(H,11,12,13). The van der Waals surface area contributed by atoms with E-state index in [-0.39, 0.29) is 11.7 Å². The molecule has 0 aliphatic heterocycles. The fourth-order valence-electron chi connectivity index (χ4n) is 1.30. The lowest BCUT2D eigenvalue weighted by molar-refractivity contribution is 0.0658. The Balaban J connectivity index is 2.55. The minimum absolute atomic E-state index is 0.161. The molecule has 0 aliphatic rings. The van der Waals surface area contributed by atoms with E-state index in [9.17, 15) is 4.79 Å². The van der Waals surface area contributed by atoms with Crippen LogP contribution in [0.25, 0.3) is 0 Å². The summed E-state index contributed by atoms with van der Waals surface area (Å²) in [5.74, 6) is 0.701. The molecule has 6 heteroatoms. The molecular formula is C10H18N4O2. The van der Waals surface area contributed by atoms with Gasteiger partial charge in [0.05, 0.1) is 6.61 Å². The lowest BCUT2D eigenvalue weighted by Crippen LogP contribution is -2.34. The zero-order valence-corrected chi connectivity index (χ0v) is 9.99. The Bertz CT molecular complexity index is 337. The summed E-state index contributed by atoms with van der Waals surface area (Å²) >= 11 is 0. The average Bonchev–Trinajstić information content (AvgIpc) is 2.70. The highest BCUT2D eigenvalue weighted by Crippen LogP contribution is 1.99. The van der Waals surface area contributed by atoms with Gasteiger partial charge in [0.25, 0.3) is 5.91 Å². The maximum Gasteiger partial charge on any atom is 0.293 e. The molecule has 16 heavy (non-hydrogen) atoms. The Labute approximate surface area is 95.0 Å². The van der Waals surface area contributed by atoms with Gasteiger partial charge in [-0.15, -0.1) is 5.10 Å². The second-order valence-electron chi connectivity index (χ2n) is 3.33. The van der Waals surface area contributed by atoms with Crippen LogP contribution in [0.3, 0.4) is 0 Å². The van der Waals surface area contributed by atoms with Crippen LogP contribution in [0.4, 0.5) is 0 Å². The fraction of sp³-hybridized carbons (Fsp3) is 0.700. The van der Waals surface area contributed by atoms with E-state index in [2.05, 4.69) is 15.2 Å². The highest BCUT2D eigenvalue weighted by Gasteiger charge is 2.17. The Morgan fingerprint density at radius 1 is 1.50 bits per heavy atom. The van der Waals surface area contributed by atoms with E-state index in [0.717, 1.165) is 0 Å². The summed E-state index contributed by atoms with van der Waals surface area (Å²) in [6.07, 6.45) is 0. The van der Waals surface area contributed by atoms with Crippen LogP contribution in [-0.2, 0) is 4.74 Å². The van der Waals surface area contributed by atoms with Gasteiger partial charge in [0.1, 0.15) is 5.82 Å². The number of likely N-dealkylation sites (N-methyl/N-ethyl adjacent to an activating group) is 1. The van der Waals surface area contributed by atoms with Gasteiger partial charge in [-0.25, -0.2) is 4.98 Å². The molecule has 0 bridgehead atoms. The summed E-state index contributed by atoms with van der Waals surface area (Å²) in [6.45, 7) is 8.00. The summed E-state index contributed by atoms with van der Waals surface area (Å²) in [5, 5.41) is 6.50. The van der Waals surface area contributed by atoms with Crippen molar-refractivity contribution in [1.29, 1.82) is 0 Å². The van der Waals surface area contributed by atoms with Crippen LogP contribution in [0, 0.1) is 6.92 Å². The number of aryl methyl sites for hydroxylation is 1. The van der Waals surface area contributed by atoms with Crippen molar-refractivity contribution in [3.8, 4) is 0 Å². The lowest BCUT2D eigenvalue weighted by Gasteiger charge is -2.18. The van der Waals surface area contributed by atoms with E-state index in [1.165, 1.54) is 0 Å². The summed E-state index contributed by atoms with van der Waals surface area (Å²) in [5.41, 5.74) is 0. The summed E-state index contributed by atoms with van der Waals surface area (Å²) in [6, 6.07) is 0. The van der Waals surface area contributed by atoms with Crippen molar-refractivity contribution in [3.63, 3.8) is 0 Å². The topological polar surface area (TPSA) is 71.1 Å². The number of nitrogens with zero attached hydrogens (tertiary/aromatic N) is 3. The normalized spacial score (nSPS) is 10.4. The summed E-state index contributed by atoms with van der Waals surface area (Å²) in [7, 11) is 0. The number of carbonyl (C=O) groups excluding carboxylic acids is 1. The molecule has 0 aromatic carbocycles. The van der Waals surface area contributed by atoms with Crippen molar-refractivity contribution < 1.29 is 9.53 Å². The lowest BCUT2D eigenvalue weighted by atomic mass is 10.4. The van der Waals surface area contributed by atoms with Gasteiger partial charge < -0.3 is 9.64 Å². The van der Waals surface area contributed by atoms with E-state index < -0.39 is 0 Å². The number of aromatic amines is 1. The van der Waals surface area contributed by atoms with Gasteiger partial charge in [0.15, 0.2) is 0 Å². The molecule has 0 unspecified atom stereocenters. The number of ether oxygens (including phenoxy) is 1. The molecule has 0 fully saturated rings. The minimum Gasteiger partial charge on any atom is -0.380 e. The first-order valence-electron chi connectivity index (χ1n) is 5.45. The smallest absolute Gasteiger partial charge is 0.293 e. The number of rotatable bonds is 6. The molecule has 1 heterocycles. The summed E-state index contributed by atoms with van der Waals surface area (Å²) < 4.78 is 5.21. The zero-order valence-electron chi connectivity index (χ0n) is 9.99. The third kappa shape index (κ3) is 3.30. The Morgan fingerprint density at radius 3 is 2.75 bits per heavy atom. The van der Waals surface area contributed by atoms with Crippen LogP contribution < -0.4 is 0 Å². The first kappa shape index (κ1) is 12.6. The second kappa shape index (κ2) is 6.22. The second-order valence-corrected chi connectivity index (χ2v) is 3.33. The molecule has 1 aromatic heterocycles. The number of carbonyl (C=O) groups is 1. The predicted molar refractivity (Wildman–Crippen MR) is 59.2 cm³/mol. The van der Waals surface area contributed by atoms with Gasteiger partial charge >= 0.3 is 0 Å². The number of H-pyrrole nitrogens is 1. The van der Waals surface area contributed by atoms with Gasteiger partial charge in [0, 0.05) is 19.7 Å². The first-order chi connectivity index (χ1) is 7.69. The Morgan fingerprint density at radius 2 is 2.25 bits per heavy atom. The highest BCUT2D eigenvalue weighted by atomic mass is 16.5. The number of aromatic nitrogens is 3. The molecule has 1 amide bonds. The van der Waals surface area contributed by atoms with Crippen LogP contribution >= 0.6 is 0 Å². The van der Waals surface area contributed by atoms with Gasteiger partial charge in [-0.05, 0) is 20.8 Å². The van der Waals surface area contributed by atoms with Crippen molar-refractivity contribution in [3.05, 3.63) is 11.6 Å². The molecule has 6 nitrogen and oxygen atoms in total. The van der Waals surface area contributed by atoms with Crippen LogP contribution in [0.15, 0.2) is 0 Å². The monoisotopic (exact) mass is 226 g/mol. The van der Waals surface area contributed by atoms with Crippen molar-refractivity contribution >= 4 is 5.91 Å². The van der Waals surface area contributed by atoms with Crippen LogP contribution in [0.2, 0.25) is 0 Å². The maximum absolute atomic E-state index is 11.9. The fourth-order valence-corrected chi connectivity index (χ4v) is 1.30. The molecule has 1 aromatic rings. The van der Waals surface area contributed by atoms with Gasteiger partial charge in [-0.3, -0.25) is 9.89 Å². The SMILES string of the molecule is CCOCCN(CC)C(=O)c1n[nH]c(C)n1. The Hall–Kier alpha value is -1.43. The molecule has 0 aliphatic carbocycles. The largest absolute Gasteiger partial charge is 0.380 e. The molecule has 0 saturated heterocycles. The highest BCUT2D eigenvalue weighted by molar-refractivity contribution is 5.90. The van der Waals surface area contributed by atoms with E-state index in [1.807, 2.05) is 13.8 Å². The van der Waals surface area contributed by atoms with Gasteiger partial charge in [-0.1, -0.05) is 0 Å². The number of hydrogen-bond donors (Lipinski definition) is 1. The van der Waals surface area contributed by atoms with E-state index in [4.69, 9.17) is 4.74 Å². The number of nitrogens with one attached hydrogen (secondary N) is 1. The van der Waals surface area contributed by atoms with E-state index in [0.29, 0.717) is 32.1 Å². The molecule has 1 N–H and O–H groups in total. The number of amides is 1. The average molecular weight is 226 g/mol. The predicted octanol–water partition coefficient (Wildman–Crippen LogP) is 0.612. The molecule has 90 valence electrons. The minimum atomic E-state index is -0.161. The Kier molecular flexibility index (Phi) is 4.91. The number of hydrogen-bond acceptors (Lipinski definition) is 4. The molecule has 0 saturated carbocycles. The van der Waals surface area contributed by atoms with Gasteiger partial charge in [-0.2, -0.15) is 0 Å². The quantitative estimate of drug-likeness (QED) is 0.721. The van der Waals surface area contributed by atoms with Crippen LogP contribution in [-0.4, -0.2) is 52.3 Å². The maximum atomic E-state index is 11.9. The van der Waals surface area contributed by atoms with Crippen LogP contribution in [0.1, 0.15) is 30.3 Å². The third-order valence-corrected chi connectivity index (χ3v) is 2.17. The molecule has 0 atom stereocenters. The molecule has 0 radical (unpaired) electrons. The summed E-state index contributed by atoms with van der Waals surface area (Å²) in [4.78, 5) is 17.6. The van der Waals surface area contributed by atoms with E-state index in [1.54, 1.807) is 11.8 Å². The van der Waals surface area contributed by atoms with Crippen LogP contribution in [0.5, 0.6) is 0 Å². The van der Waals surface area contributed by atoms with Crippen molar-refractivity contribution in [2.75, 3.05) is 26.3 Å². The molecular weight excluding hydrogens is 208 g/mol.